The minimum atomic E-state index is -0.0161. The highest BCUT2D eigenvalue weighted by Crippen LogP contribution is 2.34. The topological polar surface area (TPSA) is 26.3 Å². The molecule has 0 fully saturated rings. The molecular formula is C14H10Cl2O2. The quantitative estimate of drug-likeness (QED) is 0.741. The lowest BCUT2D eigenvalue weighted by atomic mass is 10.1. The second-order valence-corrected chi connectivity index (χ2v) is 4.52. The van der Waals surface area contributed by atoms with Gasteiger partial charge in [-0.15, -0.1) is 0 Å². The Bertz CT molecular complexity index is 594. The first-order valence-electron chi connectivity index (χ1n) is 5.31. The fourth-order valence-electron chi connectivity index (χ4n) is 1.47. The molecule has 0 aliphatic carbocycles. The van der Waals surface area contributed by atoms with Crippen LogP contribution in [0.3, 0.4) is 0 Å². The summed E-state index contributed by atoms with van der Waals surface area (Å²) in [6, 6.07) is 12.1. The Labute approximate surface area is 115 Å². The molecule has 0 unspecified atom stereocenters. The van der Waals surface area contributed by atoms with Crippen molar-refractivity contribution in [2.75, 3.05) is 0 Å². The van der Waals surface area contributed by atoms with Gasteiger partial charge in [-0.25, -0.2) is 0 Å². The zero-order valence-electron chi connectivity index (χ0n) is 9.61. The van der Waals surface area contributed by atoms with E-state index in [0.717, 1.165) is 0 Å². The predicted molar refractivity (Wildman–Crippen MR) is 73.0 cm³/mol. The van der Waals surface area contributed by atoms with Crippen LogP contribution in [0.15, 0.2) is 42.5 Å². The molecule has 0 aliphatic rings. The predicted octanol–water partition coefficient (Wildman–Crippen LogP) is 4.99. The highest BCUT2D eigenvalue weighted by Gasteiger charge is 2.07. The van der Waals surface area contributed by atoms with Crippen LogP contribution in [0.25, 0.3) is 0 Å². The minimum absolute atomic E-state index is 0.0161. The number of Topliss-reactive ketones (excluding diaryl/α,β-unsaturated/α-hetero) is 1. The molecule has 0 heterocycles. The molecule has 2 rings (SSSR count). The maximum Gasteiger partial charge on any atom is 0.159 e. The molecule has 0 atom stereocenters. The summed E-state index contributed by atoms with van der Waals surface area (Å²) in [5.41, 5.74) is 0.589. The van der Waals surface area contributed by atoms with Crippen molar-refractivity contribution in [2.45, 2.75) is 6.92 Å². The molecule has 0 radical (unpaired) electrons. The summed E-state index contributed by atoms with van der Waals surface area (Å²) >= 11 is 11.9. The van der Waals surface area contributed by atoms with Crippen LogP contribution in [0.2, 0.25) is 10.0 Å². The molecule has 2 aromatic rings. The highest BCUT2D eigenvalue weighted by atomic mass is 35.5. The lowest BCUT2D eigenvalue weighted by Crippen LogP contribution is -1.92. The van der Waals surface area contributed by atoms with Gasteiger partial charge in [-0.05, 0) is 31.2 Å². The van der Waals surface area contributed by atoms with E-state index < -0.39 is 0 Å². The first-order valence-corrected chi connectivity index (χ1v) is 6.06. The van der Waals surface area contributed by atoms with Crippen molar-refractivity contribution >= 4 is 29.0 Å². The normalized spacial score (nSPS) is 10.2. The van der Waals surface area contributed by atoms with Crippen molar-refractivity contribution in [2.24, 2.45) is 0 Å². The SMILES string of the molecule is CC(=O)c1cccc(Oc2cccc(Cl)c2Cl)c1. The standard InChI is InChI=1S/C14H10Cl2O2/c1-9(17)10-4-2-5-11(8-10)18-13-7-3-6-12(15)14(13)16/h2-8H,1H3. The van der Waals surface area contributed by atoms with Crippen LogP contribution in [-0.4, -0.2) is 5.78 Å². The van der Waals surface area contributed by atoms with Crippen LogP contribution in [0.1, 0.15) is 17.3 Å². The summed E-state index contributed by atoms with van der Waals surface area (Å²) in [4.78, 5) is 11.3. The fourth-order valence-corrected chi connectivity index (χ4v) is 1.80. The number of hydrogen-bond acceptors (Lipinski definition) is 2. The van der Waals surface area contributed by atoms with E-state index in [1.807, 2.05) is 0 Å². The van der Waals surface area contributed by atoms with Gasteiger partial charge in [0.2, 0.25) is 0 Å². The van der Waals surface area contributed by atoms with Crippen molar-refractivity contribution in [3.63, 3.8) is 0 Å². The largest absolute Gasteiger partial charge is 0.456 e. The average molecular weight is 281 g/mol. The maximum atomic E-state index is 11.3. The van der Waals surface area contributed by atoms with Gasteiger partial charge in [0.25, 0.3) is 0 Å². The number of ether oxygens (including phenoxy) is 1. The molecule has 0 saturated heterocycles. The van der Waals surface area contributed by atoms with Crippen molar-refractivity contribution in [1.82, 2.24) is 0 Å². The zero-order chi connectivity index (χ0) is 13.1. The maximum absolute atomic E-state index is 11.3. The molecule has 0 bridgehead atoms. The van der Waals surface area contributed by atoms with Gasteiger partial charge in [-0.1, -0.05) is 41.4 Å². The Kier molecular flexibility index (Phi) is 3.90. The minimum Gasteiger partial charge on any atom is -0.456 e. The molecule has 0 aromatic heterocycles. The van der Waals surface area contributed by atoms with E-state index in [1.54, 1.807) is 42.5 Å². The van der Waals surface area contributed by atoms with Gasteiger partial charge >= 0.3 is 0 Å². The van der Waals surface area contributed by atoms with Crippen molar-refractivity contribution in [1.29, 1.82) is 0 Å². The van der Waals surface area contributed by atoms with Crippen molar-refractivity contribution < 1.29 is 9.53 Å². The molecule has 0 saturated carbocycles. The molecule has 0 N–H and O–H groups in total. The van der Waals surface area contributed by atoms with Gasteiger partial charge in [-0.3, -0.25) is 4.79 Å². The van der Waals surface area contributed by atoms with E-state index in [4.69, 9.17) is 27.9 Å². The third-order valence-electron chi connectivity index (χ3n) is 2.38. The third kappa shape index (κ3) is 2.84. The van der Waals surface area contributed by atoms with Crippen LogP contribution >= 0.6 is 23.2 Å². The van der Waals surface area contributed by atoms with Gasteiger partial charge < -0.3 is 4.74 Å². The van der Waals surface area contributed by atoms with Crippen LogP contribution in [0, 0.1) is 0 Å². The summed E-state index contributed by atoms with van der Waals surface area (Å²) in [7, 11) is 0. The van der Waals surface area contributed by atoms with Crippen LogP contribution < -0.4 is 4.74 Å². The van der Waals surface area contributed by atoms with Gasteiger partial charge in [0.1, 0.15) is 16.5 Å². The molecular weight excluding hydrogens is 271 g/mol. The van der Waals surface area contributed by atoms with Gasteiger partial charge in [0, 0.05) is 5.56 Å². The number of benzene rings is 2. The summed E-state index contributed by atoms with van der Waals surface area (Å²) in [5.74, 6) is 0.995. The molecule has 0 amide bonds. The van der Waals surface area contributed by atoms with Crippen LogP contribution in [-0.2, 0) is 0 Å². The Hall–Kier alpha value is -1.51. The van der Waals surface area contributed by atoms with E-state index in [2.05, 4.69) is 0 Å². The number of hydrogen-bond donors (Lipinski definition) is 0. The van der Waals surface area contributed by atoms with Crippen molar-refractivity contribution in [3.05, 3.63) is 58.1 Å². The molecule has 0 spiro atoms. The van der Waals surface area contributed by atoms with Crippen molar-refractivity contribution in [3.8, 4) is 11.5 Å². The van der Waals surface area contributed by atoms with E-state index in [9.17, 15) is 4.79 Å². The Balaban J connectivity index is 2.31. The molecule has 92 valence electrons. The number of ketones is 1. The summed E-state index contributed by atoms with van der Waals surface area (Å²) in [6.07, 6.45) is 0. The average Bonchev–Trinajstić information content (AvgIpc) is 2.35. The molecule has 2 nitrogen and oxygen atoms in total. The Morgan fingerprint density at radius 1 is 1.11 bits per heavy atom. The van der Waals surface area contributed by atoms with Gasteiger partial charge in [-0.2, -0.15) is 0 Å². The third-order valence-corrected chi connectivity index (χ3v) is 3.19. The highest BCUT2D eigenvalue weighted by molar-refractivity contribution is 6.42. The second-order valence-electron chi connectivity index (χ2n) is 3.74. The van der Waals surface area contributed by atoms with Crippen LogP contribution in [0.5, 0.6) is 11.5 Å². The van der Waals surface area contributed by atoms with E-state index in [0.29, 0.717) is 27.1 Å². The Morgan fingerprint density at radius 2 is 1.83 bits per heavy atom. The Morgan fingerprint density at radius 3 is 2.56 bits per heavy atom. The number of carbonyl (C=O) groups is 1. The van der Waals surface area contributed by atoms with Crippen LogP contribution in [0.4, 0.5) is 0 Å². The first kappa shape index (κ1) is 12.9. The summed E-state index contributed by atoms with van der Waals surface area (Å²) in [6.45, 7) is 1.51. The second kappa shape index (κ2) is 5.42. The smallest absolute Gasteiger partial charge is 0.159 e. The summed E-state index contributed by atoms with van der Waals surface area (Å²) in [5, 5.41) is 0.782. The lowest BCUT2D eigenvalue weighted by molar-refractivity contribution is 0.101. The zero-order valence-corrected chi connectivity index (χ0v) is 11.1. The fraction of sp³-hybridized carbons (Fsp3) is 0.0714. The number of carbonyl (C=O) groups excluding carboxylic acids is 1. The first-order chi connectivity index (χ1) is 8.58. The van der Waals surface area contributed by atoms with E-state index in [-0.39, 0.29) is 5.78 Å². The van der Waals surface area contributed by atoms with Gasteiger partial charge in [0.15, 0.2) is 5.78 Å². The molecule has 4 heteroatoms. The molecule has 18 heavy (non-hydrogen) atoms. The molecule has 2 aromatic carbocycles. The monoisotopic (exact) mass is 280 g/mol. The molecule has 0 aliphatic heterocycles. The van der Waals surface area contributed by atoms with E-state index in [1.165, 1.54) is 6.92 Å². The van der Waals surface area contributed by atoms with E-state index >= 15 is 0 Å². The summed E-state index contributed by atoms with van der Waals surface area (Å²) < 4.78 is 5.61. The number of rotatable bonds is 3. The number of halogens is 2. The lowest BCUT2D eigenvalue weighted by Gasteiger charge is -2.09. The van der Waals surface area contributed by atoms with Gasteiger partial charge in [0.05, 0.1) is 5.02 Å².